The number of aromatic carboxylic acids is 1. The number of benzene rings is 1. The number of hydrogen-bond donors (Lipinski definition) is 4. The number of rotatable bonds is 4. The standard InChI is InChI=1S/C20H23NO10/c1-7-8(5-6-9-11(22)10(17(24)25)18(26)29-13(7)9)14-12(23)15(30-19(21)27)16(28-4)20(2,3)31-14/h5-6,12,14-16,22-23H,1-4H3,(H2,21,27)(H,24,25)/t12-,14+,15-,16-/m1/s1. The van der Waals surface area contributed by atoms with Crippen molar-refractivity contribution in [1.82, 2.24) is 0 Å². The predicted octanol–water partition coefficient (Wildman–Crippen LogP) is 1.19. The van der Waals surface area contributed by atoms with E-state index in [0.717, 1.165) is 0 Å². The van der Waals surface area contributed by atoms with Gasteiger partial charge in [0.05, 0.1) is 11.0 Å². The number of hydrogen-bond acceptors (Lipinski definition) is 9. The van der Waals surface area contributed by atoms with Crippen molar-refractivity contribution < 1.29 is 43.5 Å². The summed E-state index contributed by atoms with van der Waals surface area (Å²) in [6.45, 7) is 4.91. The molecular formula is C20H23NO10. The molecule has 5 N–H and O–H groups in total. The fraction of sp³-hybridized carbons (Fsp3) is 0.450. The van der Waals surface area contributed by atoms with Crippen molar-refractivity contribution in [2.45, 2.75) is 50.8 Å². The summed E-state index contributed by atoms with van der Waals surface area (Å²) in [7, 11) is 1.37. The normalized spacial score (nSPS) is 25.3. The molecule has 1 aliphatic heterocycles. The number of nitrogens with two attached hydrogens (primary N) is 1. The second kappa shape index (κ2) is 7.84. The van der Waals surface area contributed by atoms with E-state index in [1.54, 1.807) is 20.8 Å². The number of aliphatic hydroxyl groups is 1. The fourth-order valence-electron chi connectivity index (χ4n) is 4.04. The van der Waals surface area contributed by atoms with E-state index in [0.29, 0.717) is 11.1 Å². The fourth-order valence-corrected chi connectivity index (χ4v) is 4.04. The van der Waals surface area contributed by atoms with Gasteiger partial charge in [0.15, 0.2) is 11.7 Å². The largest absolute Gasteiger partial charge is 0.506 e. The summed E-state index contributed by atoms with van der Waals surface area (Å²) in [6, 6.07) is 2.83. The smallest absolute Gasteiger partial charge is 0.404 e. The lowest BCUT2D eigenvalue weighted by molar-refractivity contribution is -0.264. The van der Waals surface area contributed by atoms with E-state index in [1.165, 1.54) is 19.2 Å². The van der Waals surface area contributed by atoms with Crippen LogP contribution in [0, 0.1) is 6.92 Å². The molecule has 2 heterocycles. The van der Waals surface area contributed by atoms with Crippen molar-refractivity contribution in [1.29, 1.82) is 0 Å². The van der Waals surface area contributed by atoms with Gasteiger partial charge in [0, 0.05) is 7.11 Å². The zero-order chi connectivity index (χ0) is 23.2. The van der Waals surface area contributed by atoms with Crippen LogP contribution in [0.1, 0.15) is 41.4 Å². The van der Waals surface area contributed by atoms with Crippen molar-refractivity contribution in [3.8, 4) is 5.75 Å². The summed E-state index contributed by atoms with van der Waals surface area (Å²) < 4.78 is 21.7. The van der Waals surface area contributed by atoms with Crippen molar-refractivity contribution in [3.63, 3.8) is 0 Å². The summed E-state index contributed by atoms with van der Waals surface area (Å²) in [5.41, 5.74) is 2.63. The van der Waals surface area contributed by atoms with E-state index < -0.39 is 59.0 Å². The van der Waals surface area contributed by atoms with Crippen LogP contribution in [0.25, 0.3) is 11.0 Å². The monoisotopic (exact) mass is 437 g/mol. The number of aromatic hydroxyl groups is 1. The highest BCUT2D eigenvalue weighted by Crippen LogP contribution is 2.42. The number of amides is 1. The lowest BCUT2D eigenvalue weighted by Crippen LogP contribution is -2.61. The summed E-state index contributed by atoms with van der Waals surface area (Å²) in [5, 5.41) is 30.3. The number of aryl methyl sites for hydroxylation is 1. The first-order valence-electron chi connectivity index (χ1n) is 9.28. The molecule has 0 saturated carbocycles. The number of fused-ring (bicyclic) bond motifs is 1. The van der Waals surface area contributed by atoms with Crippen LogP contribution in [0.4, 0.5) is 4.79 Å². The number of carboxylic acid groups (broad SMARTS) is 1. The maximum atomic E-state index is 12.1. The highest BCUT2D eigenvalue weighted by Gasteiger charge is 2.52. The van der Waals surface area contributed by atoms with E-state index in [-0.39, 0.29) is 11.0 Å². The highest BCUT2D eigenvalue weighted by molar-refractivity contribution is 5.98. The Morgan fingerprint density at radius 2 is 1.90 bits per heavy atom. The minimum absolute atomic E-state index is 0.00233. The summed E-state index contributed by atoms with van der Waals surface area (Å²) in [4.78, 5) is 34.7. The summed E-state index contributed by atoms with van der Waals surface area (Å²) >= 11 is 0. The third-order valence-electron chi connectivity index (χ3n) is 5.43. The van der Waals surface area contributed by atoms with Gasteiger partial charge in [-0.2, -0.15) is 0 Å². The topological polar surface area (TPSA) is 179 Å². The molecule has 0 unspecified atom stereocenters. The Morgan fingerprint density at radius 3 is 2.45 bits per heavy atom. The predicted molar refractivity (Wildman–Crippen MR) is 105 cm³/mol. The van der Waals surface area contributed by atoms with Gasteiger partial charge >= 0.3 is 17.7 Å². The van der Waals surface area contributed by atoms with E-state index in [1.807, 2.05) is 0 Å². The third-order valence-corrected chi connectivity index (χ3v) is 5.43. The van der Waals surface area contributed by atoms with Crippen LogP contribution in [-0.2, 0) is 14.2 Å². The van der Waals surface area contributed by atoms with Gasteiger partial charge in [-0.05, 0) is 38.0 Å². The zero-order valence-electron chi connectivity index (χ0n) is 17.2. The van der Waals surface area contributed by atoms with E-state index in [2.05, 4.69) is 0 Å². The maximum absolute atomic E-state index is 12.1. The van der Waals surface area contributed by atoms with Gasteiger partial charge in [-0.25, -0.2) is 14.4 Å². The number of aliphatic hydroxyl groups excluding tert-OH is 1. The van der Waals surface area contributed by atoms with Crippen LogP contribution < -0.4 is 11.4 Å². The Balaban J connectivity index is 2.17. The van der Waals surface area contributed by atoms with Gasteiger partial charge in [-0.1, -0.05) is 6.07 Å². The Morgan fingerprint density at radius 1 is 1.26 bits per heavy atom. The van der Waals surface area contributed by atoms with E-state index in [9.17, 15) is 24.6 Å². The molecule has 1 aromatic carbocycles. The SMILES string of the molecule is CO[C@@H]1[C@H](OC(N)=O)[C@H](O)[C@H](c2ccc3c(O)c(C(=O)O)c(=O)oc3c2C)OC1(C)C. The van der Waals surface area contributed by atoms with Crippen LogP contribution in [0.15, 0.2) is 21.3 Å². The Bertz CT molecular complexity index is 1110. The van der Waals surface area contributed by atoms with Gasteiger partial charge in [0.1, 0.15) is 29.6 Å². The molecule has 1 aliphatic rings. The number of carbonyl (C=O) groups excluding carboxylic acids is 1. The lowest BCUT2D eigenvalue weighted by Gasteiger charge is -2.48. The Hall–Kier alpha value is -3.15. The minimum Gasteiger partial charge on any atom is -0.506 e. The van der Waals surface area contributed by atoms with Crippen LogP contribution >= 0.6 is 0 Å². The molecular weight excluding hydrogens is 414 g/mol. The highest BCUT2D eigenvalue weighted by atomic mass is 16.6. The molecule has 11 heteroatoms. The van der Waals surface area contributed by atoms with E-state index >= 15 is 0 Å². The second-order valence-electron chi connectivity index (χ2n) is 7.77. The first kappa shape index (κ1) is 22.5. The molecule has 31 heavy (non-hydrogen) atoms. The van der Waals surface area contributed by atoms with Crippen molar-refractivity contribution >= 4 is 23.0 Å². The van der Waals surface area contributed by atoms with Gasteiger partial charge in [-0.3, -0.25) is 0 Å². The molecule has 4 atom stereocenters. The molecule has 0 aliphatic carbocycles. The third kappa shape index (κ3) is 3.71. The number of ether oxygens (including phenoxy) is 3. The molecule has 168 valence electrons. The molecule has 2 aromatic rings. The molecule has 1 saturated heterocycles. The average molecular weight is 437 g/mol. The molecule has 0 spiro atoms. The molecule has 1 amide bonds. The second-order valence-corrected chi connectivity index (χ2v) is 7.77. The summed E-state index contributed by atoms with van der Waals surface area (Å²) in [5.74, 6) is -2.35. The van der Waals surface area contributed by atoms with Gasteiger partial charge in [0.25, 0.3) is 0 Å². The number of carboxylic acids is 1. The van der Waals surface area contributed by atoms with E-state index in [4.69, 9.17) is 29.5 Å². The van der Waals surface area contributed by atoms with Crippen LogP contribution in [-0.4, -0.2) is 58.4 Å². The molecule has 1 aromatic heterocycles. The van der Waals surface area contributed by atoms with Crippen molar-refractivity contribution in [2.24, 2.45) is 5.73 Å². The number of primary amides is 1. The molecule has 3 rings (SSSR count). The van der Waals surface area contributed by atoms with Gasteiger partial charge in [-0.15, -0.1) is 0 Å². The molecule has 1 fully saturated rings. The van der Waals surface area contributed by atoms with Gasteiger partial charge in [0.2, 0.25) is 0 Å². The summed E-state index contributed by atoms with van der Waals surface area (Å²) in [6.07, 6.45) is -5.56. The first-order chi connectivity index (χ1) is 14.4. The van der Waals surface area contributed by atoms with Crippen LogP contribution in [0.3, 0.4) is 0 Å². The van der Waals surface area contributed by atoms with Crippen LogP contribution in [0.2, 0.25) is 0 Å². The molecule has 11 nitrogen and oxygen atoms in total. The maximum Gasteiger partial charge on any atom is 0.404 e. The number of methoxy groups -OCH3 is 1. The minimum atomic E-state index is -1.63. The average Bonchev–Trinajstić information content (AvgIpc) is 2.65. The van der Waals surface area contributed by atoms with Crippen LogP contribution in [0.5, 0.6) is 5.75 Å². The van der Waals surface area contributed by atoms with Crippen molar-refractivity contribution in [2.75, 3.05) is 7.11 Å². The molecule has 0 bridgehead atoms. The van der Waals surface area contributed by atoms with Crippen molar-refractivity contribution in [3.05, 3.63) is 39.2 Å². The van der Waals surface area contributed by atoms with Gasteiger partial charge < -0.3 is 39.7 Å². The lowest BCUT2D eigenvalue weighted by atomic mass is 9.83. The first-order valence-corrected chi connectivity index (χ1v) is 9.28. The Labute approximate surface area is 175 Å². The zero-order valence-corrected chi connectivity index (χ0v) is 17.2. The number of carbonyl (C=O) groups is 2. The Kier molecular flexibility index (Phi) is 5.70. The molecule has 0 radical (unpaired) electrons. The quantitative estimate of drug-likeness (QED) is 0.508.